The molecule has 0 aliphatic carbocycles. The van der Waals surface area contributed by atoms with Crippen LogP contribution in [0.2, 0.25) is 0 Å². The van der Waals surface area contributed by atoms with Gasteiger partial charge in [-0.25, -0.2) is 9.18 Å². The zero-order valence-electron chi connectivity index (χ0n) is 21.1. The van der Waals surface area contributed by atoms with E-state index >= 15 is 0 Å². The summed E-state index contributed by atoms with van der Waals surface area (Å²) >= 11 is 0. The van der Waals surface area contributed by atoms with Crippen LogP contribution in [0.1, 0.15) is 11.6 Å². The summed E-state index contributed by atoms with van der Waals surface area (Å²) < 4.78 is 18.7. The molecular weight excluding hydrogens is 457 g/mol. The summed E-state index contributed by atoms with van der Waals surface area (Å²) in [5.41, 5.74) is 3.92. The number of piperazine rings is 1. The van der Waals surface area contributed by atoms with Gasteiger partial charge in [-0.3, -0.25) is 4.90 Å². The maximum Gasteiger partial charge on any atom is 0.319 e. The molecular formula is C28H34FN5O2. The number of carbonyl (C=O) groups excluding carboxylic acids is 1. The number of urea groups is 1. The number of hydrogen-bond donors (Lipinski definition) is 2. The lowest BCUT2D eigenvalue weighted by Gasteiger charge is -2.40. The summed E-state index contributed by atoms with van der Waals surface area (Å²) in [5.74, 6) is 0.386. The maximum absolute atomic E-state index is 13.3. The SMILES string of the molecule is COc1ccccc1NC(=O)NCC(c1ccc(N(C)C)cc1)N1CCN(c2ccc(F)cc2)CC1. The van der Waals surface area contributed by atoms with Crippen LogP contribution in [0.25, 0.3) is 0 Å². The molecule has 1 aliphatic heterocycles. The fourth-order valence-corrected chi connectivity index (χ4v) is 4.50. The Morgan fingerprint density at radius 1 is 0.972 bits per heavy atom. The van der Waals surface area contributed by atoms with Crippen LogP contribution in [0.3, 0.4) is 0 Å². The first kappa shape index (κ1) is 25.3. The van der Waals surface area contributed by atoms with Gasteiger partial charge >= 0.3 is 6.03 Å². The Hall–Kier alpha value is -3.78. The standard InChI is InChI=1S/C28H34FN5O2/c1-32(2)23-12-8-21(9-13-23)26(20-30-28(35)31-25-6-4-5-7-27(25)36-3)34-18-16-33(17-19-34)24-14-10-22(29)11-15-24/h4-15,26H,16-20H2,1-3H3,(H2,30,31,35). The lowest BCUT2D eigenvalue weighted by molar-refractivity contribution is 0.182. The van der Waals surface area contributed by atoms with E-state index in [0.717, 1.165) is 43.1 Å². The fourth-order valence-electron chi connectivity index (χ4n) is 4.50. The van der Waals surface area contributed by atoms with E-state index in [0.29, 0.717) is 18.0 Å². The molecule has 2 amide bonds. The largest absolute Gasteiger partial charge is 0.495 e. The van der Waals surface area contributed by atoms with Crippen molar-refractivity contribution in [3.05, 3.63) is 84.2 Å². The van der Waals surface area contributed by atoms with Crippen molar-refractivity contribution in [2.45, 2.75) is 6.04 Å². The Morgan fingerprint density at radius 2 is 1.64 bits per heavy atom. The quantitative estimate of drug-likeness (QED) is 0.483. The van der Waals surface area contributed by atoms with Crippen molar-refractivity contribution >= 4 is 23.1 Å². The van der Waals surface area contributed by atoms with Gasteiger partial charge in [0.2, 0.25) is 0 Å². The average molecular weight is 492 g/mol. The van der Waals surface area contributed by atoms with E-state index in [1.807, 2.05) is 50.5 Å². The minimum absolute atomic E-state index is 0.0139. The lowest BCUT2D eigenvalue weighted by atomic mass is 10.0. The molecule has 8 heteroatoms. The van der Waals surface area contributed by atoms with E-state index in [1.54, 1.807) is 7.11 Å². The van der Waals surface area contributed by atoms with E-state index in [4.69, 9.17) is 4.74 Å². The molecule has 4 rings (SSSR count). The number of nitrogens with zero attached hydrogens (tertiary/aromatic N) is 3. The first-order valence-corrected chi connectivity index (χ1v) is 12.1. The molecule has 1 saturated heterocycles. The smallest absolute Gasteiger partial charge is 0.319 e. The molecule has 0 radical (unpaired) electrons. The number of anilines is 3. The number of rotatable bonds is 8. The number of carbonyl (C=O) groups is 1. The van der Waals surface area contributed by atoms with E-state index in [2.05, 4.69) is 49.6 Å². The molecule has 36 heavy (non-hydrogen) atoms. The van der Waals surface area contributed by atoms with E-state index in [-0.39, 0.29) is 17.9 Å². The van der Waals surface area contributed by atoms with Gasteiger partial charge in [-0.2, -0.15) is 0 Å². The van der Waals surface area contributed by atoms with Crippen LogP contribution in [0.5, 0.6) is 5.75 Å². The number of nitrogens with one attached hydrogen (secondary N) is 2. The maximum atomic E-state index is 13.3. The number of methoxy groups -OCH3 is 1. The lowest BCUT2D eigenvalue weighted by Crippen LogP contribution is -2.50. The van der Waals surface area contributed by atoms with Gasteiger partial charge in [-0.1, -0.05) is 24.3 Å². The molecule has 1 fully saturated rings. The predicted octanol–water partition coefficient (Wildman–Crippen LogP) is 4.59. The van der Waals surface area contributed by atoms with E-state index in [1.165, 1.54) is 12.1 Å². The third kappa shape index (κ3) is 6.26. The molecule has 1 unspecified atom stereocenters. The summed E-state index contributed by atoms with van der Waals surface area (Å²) in [5, 5.41) is 5.94. The van der Waals surface area contributed by atoms with E-state index < -0.39 is 0 Å². The van der Waals surface area contributed by atoms with Gasteiger partial charge in [0.25, 0.3) is 0 Å². The second-order valence-electron chi connectivity index (χ2n) is 9.04. The highest BCUT2D eigenvalue weighted by atomic mass is 19.1. The molecule has 1 heterocycles. The predicted molar refractivity (Wildman–Crippen MR) is 144 cm³/mol. The zero-order valence-corrected chi connectivity index (χ0v) is 21.1. The molecule has 1 atom stereocenters. The van der Waals surface area contributed by atoms with Crippen molar-refractivity contribution in [3.63, 3.8) is 0 Å². The Kier molecular flexibility index (Phi) is 8.28. The highest BCUT2D eigenvalue weighted by Gasteiger charge is 2.26. The third-order valence-corrected chi connectivity index (χ3v) is 6.55. The number of hydrogen-bond acceptors (Lipinski definition) is 5. The van der Waals surface area contributed by atoms with Crippen molar-refractivity contribution in [2.24, 2.45) is 0 Å². The van der Waals surface area contributed by atoms with Gasteiger partial charge in [-0.05, 0) is 54.1 Å². The highest BCUT2D eigenvalue weighted by molar-refractivity contribution is 5.90. The molecule has 0 spiro atoms. The zero-order chi connectivity index (χ0) is 25.5. The van der Waals surface area contributed by atoms with Crippen LogP contribution < -0.4 is 25.2 Å². The van der Waals surface area contributed by atoms with Gasteiger partial charge in [-0.15, -0.1) is 0 Å². The molecule has 0 saturated carbocycles. The number of para-hydroxylation sites is 2. The van der Waals surface area contributed by atoms with Crippen molar-refractivity contribution in [1.82, 2.24) is 10.2 Å². The number of benzene rings is 3. The Bertz CT molecular complexity index is 1130. The van der Waals surface area contributed by atoms with E-state index in [9.17, 15) is 9.18 Å². The summed E-state index contributed by atoms with van der Waals surface area (Å²) in [6.07, 6.45) is 0. The fraction of sp³-hybridized carbons (Fsp3) is 0.321. The van der Waals surface area contributed by atoms with Crippen LogP contribution >= 0.6 is 0 Å². The highest BCUT2D eigenvalue weighted by Crippen LogP contribution is 2.26. The van der Waals surface area contributed by atoms with Crippen LogP contribution in [0.4, 0.5) is 26.2 Å². The van der Waals surface area contributed by atoms with Crippen LogP contribution in [0, 0.1) is 5.82 Å². The summed E-state index contributed by atoms with van der Waals surface area (Å²) in [6, 6.07) is 22.2. The van der Waals surface area contributed by atoms with Gasteiger partial charge < -0.3 is 25.2 Å². The Labute approximate surface area is 212 Å². The monoisotopic (exact) mass is 491 g/mol. The molecule has 7 nitrogen and oxygen atoms in total. The third-order valence-electron chi connectivity index (χ3n) is 6.55. The molecule has 1 aliphatic rings. The van der Waals surface area contributed by atoms with Gasteiger partial charge in [0.05, 0.1) is 18.8 Å². The molecule has 0 bridgehead atoms. The Morgan fingerprint density at radius 3 is 2.28 bits per heavy atom. The molecule has 190 valence electrons. The minimum atomic E-state index is -0.278. The number of halogens is 1. The van der Waals surface area contributed by atoms with Crippen molar-refractivity contribution < 1.29 is 13.9 Å². The van der Waals surface area contributed by atoms with Gasteiger partial charge in [0.15, 0.2) is 0 Å². The average Bonchev–Trinajstić information content (AvgIpc) is 2.90. The summed E-state index contributed by atoms with van der Waals surface area (Å²) in [7, 11) is 5.62. The normalized spacial score (nSPS) is 14.7. The van der Waals surface area contributed by atoms with Crippen LogP contribution in [-0.2, 0) is 0 Å². The molecule has 3 aromatic carbocycles. The number of ether oxygens (including phenoxy) is 1. The van der Waals surface area contributed by atoms with Crippen LogP contribution in [-0.4, -0.2) is 64.9 Å². The number of amides is 2. The summed E-state index contributed by atoms with van der Waals surface area (Å²) in [6.45, 7) is 3.76. The first-order valence-electron chi connectivity index (χ1n) is 12.1. The van der Waals surface area contributed by atoms with Crippen molar-refractivity contribution in [3.8, 4) is 5.75 Å². The molecule has 2 N–H and O–H groups in total. The second kappa shape index (κ2) is 11.8. The second-order valence-corrected chi connectivity index (χ2v) is 9.04. The minimum Gasteiger partial charge on any atom is -0.495 e. The first-order chi connectivity index (χ1) is 17.4. The summed E-state index contributed by atoms with van der Waals surface area (Å²) in [4.78, 5) is 19.5. The van der Waals surface area contributed by atoms with Gasteiger partial charge in [0.1, 0.15) is 11.6 Å². The molecule has 3 aromatic rings. The van der Waals surface area contributed by atoms with Gasteiger partial charge in [0, 0.05) is 58.2 Å². The molecule has 0 aromatic heterocycles. The van der Waals surface area contributed by atoms with Crippen molar-refractivity contribution in [1.29, 1.82) is 0 Å². The van der Waals surface area contributed by atoms with Crippen LogP contribution in [0.15, 0.2) is 72.8 Å². The topological polar surface area (TPSA) is 60.1 Å². The van der Waals surface area contributed by atoms with Crippen molar-refractivity contribution in [2.75, 3.05) is 69.0 Å². The Balaban J connectivity index is 1.45.